The smallest absolute Gasteiger partial charge is 0.265 e. The molecule has 0 fully saturated rings. The maximum atomic E-state index is 13.8. The molecule has 4 amide bonds. The molecule has 0 aromatic heterocycles. The van der Waals surface area contributed by atoms with E-state index in [9.17, 15) is 19.2 Å². The van der Waals surface area contributed by atoms with Gasteiger partial charge in [0.25, 0.3) is 23.6 Å². The van der Waals surface area contributed by atoms with Gasteiger partial charge in [0.15, 0.2) is 0 Å². The number of hydrogen-bond acceptors (Lipinski definition) is 5. The van der Waals surface area contributed by atoms with Gasteiger partial charge in [0, 0.05) is 51.8 Å². The molecule has 1 aliphatic carbocycles. The van der Waals surface area contributed by atoms with Gasteiger partial charge in [-0.05, 0) is 92.1 Å². The molecule has 7 heteroatoms. The number of allylic oxidation sites excluding steroid dienone is 4. The fourth-order valence-electron chi connectivity index (χ4n) is 6.22. The highest BCUT2D eigenvalue weighted by molar-refractivity contribution is 6.42. The summed E-state index contributed by atoms with van der Waals surface area (Å²) in [6.07, 6.45) is 7.13. The van der Waals surface area contributed by atoms with Crippen LogP contribution in [0, 0.1) is 0 Å². The van der Waals surface area contributed by atoms with Crippen LogP contribution in [0.5, 0.6) is 0 Å². The molecule has 2 heterocycles. The minimum atomic E-state index is -0.488. The van der Waals surface area contributed by atoms with Gasteiger partial charge in [-0.25, -0.2) is 9.80 Å². The van der Waals surface area contributed by atoms with E-state index in [1.807, 2.05) is 30.3 Å². The number of nitrogens with zero attached hydrogens (tertiary/aromatic N) is 3. The number of benzene rings is 4. The lowest BCUT2D eigenvalue weighted by Gasteiger charge is -2.32. The Balaban J connectivity index is 1.28. The lowest BCUT2D eigenvalue weighted by Crippen LogP contribution is -2.43. The van der Waals surface area contributed by atoms with Crippen molar-refractivity contribution in [1.29, 1.82) is 0 Å². The van der Waals surface area contributed by atoms with Crippen LogP contribution in [0.15, 0.2) is 91.0 Å². The predicted molar refractivity (Wildman–Crippen MR) is 164 cm³/mol. The zero-order valence-corrected chi connectivity index (χ0v) is 23.3. The van der Waals surface area contributed by atoms with Crippen molar-refractivity contribution in [3.8, 4) is 0 Å². The first-order valence-electron chi connectivity index (χ1n) is 14.1. The average molecular weight is 554 g/mol. The molecule has 42 heavy (non-hydrogen) atoms. The summed E-state index contributed by atoms with van der Waals surface area (Å²) in [6.45, 7) is 5.82. The summed E-state index contributed by atoms with van der Waals surface area (Å²) in [5.41, 5.74) is 5.18. The van der Waals surface area contributed by atoms with Crippen molar-refractivity contribution in [3.05, 3.63) is 119 Å². The van der Waals surface area contributed by atoms with Gasteiger partial charge < -0.3 is 4.90 Å². The topological polar surface area (TPSA) is 78.0 Å². The molecule has 0 bridgehead atoms. The minimum Gasteiger partial charge on any atom is -0.372 e. The average Bonchev–Trinajstić information content (AvgIpc) is 3.56. The van der Waals surface area contributed by atoms with E-state index < -0.39 is 23.6 Å². The molecule has 0 unspecified atom stereocenters. The van der Waals surface area contributed by atoms with E-state index >= 15 is 0 Å². The summed E-state index contributed by atoms with van der Waals surface area (Å²) < 4.78 is 0. The Labute approximate surface area is 243 Å². The monoisotopic (exact) mass is 553 g/mol. The number of hydrogen-bond donors (Lipinski definition) is 0. The first-order chi connectivity index (χ1) is 20.4. The Bertz CT molecular complexity index is 1830. The van der Waals surface area contributed by atoms with Crippen molar-refractivity contribution >= 4 is 57.0 Å². The Kier molecular flexibility index (Phi) is 5.90. The highest BCUT2D eigenvalue weighted by Crippen LogP contribution is 2.40. The summed E-state index contributed by atoms with van der Waals surface area (Å²) >= 11 is 0. The molecule has 0 atom stereocenters. The van der Waals surface area contributed by atoms with Crippen LogP contribution in [0.1, 0.15) is 67.3 Å². The Morgan fingerprint density at radius 1 is 0.595 bits per heavy atom. The molecule has 7 rings (SSSR count). The second kappa shape index (κ2) is 9.66. The molecule has 4 aromatic carbocycles. The highest BCUT2D eigenvalue weighted by Gasteiger charge is 2.40. The maximum Gasteiger partial charge on any atom is 0.265 e. The first-order valence-corrected chi connectivity index (χ1v) is 14.1. The number of carbonyl (C=O) groups is 4. The molecule has 0 saturated heterocycles. The van der Waals surface area contributed by atoms with Crippen LogP contribution in [0.3, 0.4) is 0 Å². The van der Waals surface area contributed by atoms with Gasteiger partial charge in [-0.2, -0.15) is 0 Å². The molecule has 0 N–H and O–H groups in total. The number of carbonyl (C=O) groups excluding carboxylic acids is 4. The molecule has 7 nitrogen and oxygen atoms in total. The fraction of sp³-hybridized carbons (Fsp3) is 0.143. The number of imide groups is 2. The zero-order chi connectivity index (χ0) is 29.1. The molecule has 0 radical (unpaired) electrons. The van der Waals surface area contributed by atoms with Crippen LogP contribution in [-0.4, -0.2) is 36.7 Å². The van der Waals surface area contributed by atoms with Crippen LogP contribution >= 0.6 is 0 Å². The van der Waals surface area contributed by atoms with Crippen molar-refractivity contribution < 1.29 is 19.2 Å². The third kappa shape index (κ3) is 3.66. The zero-order valence-electron chi connectivity index (χ0n) is 23.3. The van der Waals surface area contributed by atoms with E-state index in [1.54, 1.807) is 48.5 Å². The summed E-state index contributed by atoms with van der Waals surface area (Å²) in [6, 6.07) is 21.0. The van der Waals surface area contributed by atoms with Crippen molar-refractivity contribution in [2.45, 2.75) is 20.3 Å². The van der Waals surface area contributed by atoms with E-state index in [4.69, 9.17) is 0 Å². The minimum absolute atomic E-state index is 0.285. The maximum absolute atomic E-state index is 13.8. The number of anilines is 3. The molecule has 2 aliphatic heterocycles. The van der Waals surface area contributed by atoms with E-state index in [0.29, 0.717) is 22.1 Å². The van der Waals surface area contributed by atoms with Crippen LogP contribution in [-0.2, 0) is 0 Å². The lowest BCUT2D eigenvalue weighted by molar-refractivity contribution is 0.0873. The Morgan fingerprint density at radius 3 is 1.40 bits per heavy atom. The van der Waals surface area contributed by atoms with Gasteiger partial charge in [-0.15, -0.1) is 0 Å². The van der Waals surface area contributed by atoms with Crippen molar-refractivity contribution in [2.75, 3.05) is 27.8 Å². The van der Waals surface area contributed by atoms with Gasteiger partial charge in [-0.1, -0.05) is 30.4 Å². The fourth-order valence-corrected chi connectivity index (χ4v) is 6.22. The molecule has 0 spiro atoms. The van der Waals surface area contributed by atoms with Gasteiger partial charge in [0.1, 0.15) is 0 Å². The van der Waals surface area contributed by atoms with Gasteiger partial charge in [0.2, 0.25) is 0 Å². The van der Waals surface area contributed by atoms with E-state index in [1.165, 1.54) is 4.90 Å². The largest absolute Gasteiger partial charge is 0.372 e. The van der Waals surface area contributed by atoms with Crippen molar-refractivity contribution in [3.63, 3.8) is 0 Å². The standard InChI is InChI=1S/C35H27N3O4/c1-3-36(4-2)23-13-15-25(16-14-23)38-34(41)28-19-17-26-30-27(18-20-29(31(28)30)35(38)42)33(40)37(32(26)39)24-11-9-22(10-12-24)21-7-5-6-8-21/h5,7-20H,3-4,6H2,1-2H3. The van der Waals surface area contributed by atoms with Crippen LogP contribution < -0.4 is 14.7 Å². The third-order valence-electron chi connectivity index (χ3n) is 8.36. The summed E-state index contributed by atoms with van der Waals surface area (Å²) in [5, 5.41) is 0.708. The molecular weight excluding hydrogens is 526 g/mol. The SMILES string of the molecule is CCN(CC)c1ccc(N2C(=O)c3ccc4c5c(ccc(c35)C2=O)C(=O)N(c2ccc(C3=CCC=C3)cc2)C4=O)cc1. The lowest BCUT2D eigenvalue weighted by atomic mass is 9.85. The van der Waals surface area contributed by atoms with Gasteiger partial charge >= 0.3 is 0 Å². The number of rotatable bonds is 6. The second-order valence-electron chi connectivity index (χ2n) is 10.5. The van der Waals surface area contributed by atoms with Crippen molar-refractivity contribution in [1.82, 2.24) is 0 Å². The molecule has 0 saturated carbocycles. The summed E-state index contributed by atoms with van der Waals surface area (Å²) in [5.74, 6) is -1.95. The van der Waals surface area contributed by atoms with Gasteiger partial charge in [0.05, 0.1) is 11.4 Å². The van der Waals surface area contributed by atoms with Crippen LogP contribution in [0.4, 0.5) is 17.1 Å². The molecule has 4 aromatic rings. The summed E-state index contributed by atoms with van der Waals surface area (Å²) in [7, 11) is 0. The molecule has 206 valence electrons. The number of amides is 4. The van der Waals surface area contributed by atoms with Gasteiger partial charge in [-0.3, -0.25) is 19.2 Å². The molecule has 3 aliphatic rings. The third-order valence-corrected chi connectivity index (χ3v) is 8.36. The first kappa shape index (κ1) is 25.7. The highest BCUT2D eigenvalue weighted by atomic mass is 16.2. The Hall–Kier alpha value is -5.30. The molecular formula is C35H27N3O4. The van der Waals surface area contributed by atoms with E-state index in [2.05, 4.69) is 30.9 Å². The van der Waals surface area contributed by atoms with E-state index in [-0.39, 0.29) is 22.3 Å². The van der Waals surface area contributed by atoms with E-state index in [0.717, 1.165) is 41.2 Å². The quantitative estimate of drug-likeness (QED) is 0.251. The van der Waals surface area contributed by atoms with Crippen LogP contribution in [0.2, 0.25) is 0 Å². The van der Waals surface area contributed by atoms with Crippen molar-refractivity contribution in [2.24, 2.45) is 0 Å². The predicted octanol–water partition coefficient (Wildman–Crippen LogP) is 6.63. The Morgan fingerprint density at radius 2 is 1.02 bits per heavy atom. The normalized spacial score (nSPS) is 15.6. The second-order valence-corrected chi connectivity index (χ2v) is 10.5. The van der Waals surface area contributed by atoms with Crippen LogP contribution in [0.25, 0.3) is 16.3 Å². The summed E-state index contributed by atoms with van der Waals surface area (Å²) in [4.78, 5) is 59.6.